The lowest BCUT2D eigenvalue weighted by atomic mass is 10.1. The van der Waals surface area contributed by atoms with Crippen LogP contribution in [0.3, 0.4) is 0 Å². The minimum atomic E-state index is -0.0846. The molecule has 1 aliphatic rings. The Morgan fingerprint density at radius 3 is 1.69 bits per heavy atom. The average Bonchev–Trinajstić information content (AvgIpc) is 2.53. The van der Waals surface area contributed by atoms with Crippen molar-refractivity contribution in [1.82, 2.24) is 9.97 Å². The average molecular weight is 251 g/mol. The van der Waals surface area contributed by atoms with Crippen LogP contribution in [-0.4, -0.2) is 15.8 Å². The van der Waals surface area contributed by atoms with Gasteiger partial charge in [-0.1, -0.05) is 23.2 Å². The lowest BCUT2D eigenvalue weighted by Gasteiger charge is -1.98. The molecule has 0 saturated carbocycles. The maximum atomic E-state index is 12.0. The van der Waals surface area contributed by atoms with Gasteiger partial charge in [0, 0.05) is 34.6 Å². The summed E-state index contributed by atoms with van der Waals surface area (Å²) in [5.74, 6) is -0.0846. The van der Waals surface area contributed by atoms with Gasteiger partial charge in [0.1, 0.15) is 10.3 Å². The molecule has 2 aromatic heterocycles. The Kier molecular flexibility index (Phi) is 1.99. The summed E-state index contributed by atoms with van der Waals surface area (Å²) >= 11 is 11.5. The van der Waals surface area contributed by atoms with E-state index in [2.05, 4.69) is 9.97 Å². The number of carbonyl (C=O) groups is 1. The van der Waals surface area contributed by atoms with Crippen LogP contribution in [0, 0.1) is 0 Å². The lowest BCUT2D eigenvalue weighted by molar-refractivity contribution is 0.104. The molecule has 0 aliphatic heterocycles. The van der Waals surface area contributed by atoms with E-state index in [0.717, 1.165) is 11.1 Å². The Morgan fingerprint density at radius 2 is 1.25 bits per heavy atom. The minimum absolute atomic E-state index is 0.0846. The summed E-state index contributed by atoms with van der Waals surface area (Å²) in [6, 6.07) is 3.13. The fraction of sp³-hybridized carbons (Fsp3) is 0. The molecule has 0 unspecified atom stereocenters. The van der Waals surface area contributed by atoms with Crippen molar-refractivity contribution in [3.8, 4) is 11.1 Å². The Bertz CT molecular complexity index is 572. The first-order valence-electron chi connectivity index (χ1n) is 4.53. The van der Waals surface area contributed by atoms with Crippen LogP contribution in [0.5, 0.6) is 0 Å². The van der Waals surface area contributed by atoms with Crippen LogP contribution < -0.4 is 0 Å². The van der Waals surface area contributed by atoms with Crippen molar-refractivity contribution in [2.45, 2.75) is 0 Å². The zero-order valence-electron chi connectivity index (χ0n) is 7.87. The van der Waals surface area contributed by atoms with Crippen molar-refractivity contribution in [3.05, 3.63) is 46.0 Å². The van der Waals surface area contributed by atoms with E-state index in [1.807, 2.05) is 0 Å². The highest BCUT2D eigenvalue weighted by atomic mass is 35.5. The smallest absolute Gasteiger partial charge is 0.194 e. The molecule has 0 N–H and O–H groups in total. The standard InChI is InChI=1S/C11H4Cl2N2O/c12-9-1-5-7(3-14-9)8-4-15-10(13)2-6(8)11(5)16/h1-4H. The lowest BCUT2D eigenvalue weighted by Crippen LogP contribution is -1.95. The van der Waals surface area contributed by atoms with E-state index in [1.54, 1.807) is 24.5 Å². The Labute approximate surface area is 101 Å². The molecule has 3 rings (SSSR count). The molecule has 1 aliphatic carbocycles. The van der Waals surface area contributed by atoms with Crippen molar-refractivity contribution in [2.24, 2.45) is 0 Å². The second-order valence-corrected chi connectivity index (χ2v) is 4.21. The van der Waals surface area contributed by atoms with Crippen molar-refractivity contribution >= 4 is 29.0 Å². The highest BCUT2D eigenvalue weighted by molar-refractivity contribution is 6.32. The van der Waals surface area contributed by atoms with Gasteiger partial charge in [0.15, 0.2) is 5.78 Å². The summed E-state index contributed by atoms with van der Waals surface area (Å²) in [5.41, 5.74) is 2.63. The quantitative estimate of drug-likeness (QED) is 0.577. The van der Waals surface area contributed by atoms with Gasteiger partial charge in [-0.25, -0.2) is 9.97 Å². The third-order valence-electron chi connectivity index (χ3n) is 2.52. The Hall–Kier alpha value is -1.45. The zero-order chi connectivity index (χ0) is 11.3. The SMILES string of the molecule is O=C1c2cc(Cl)ncc2-c2cnc(Cl)cc21. The molecule has 3 nitrogen and oxygen atoms in total. The summed E-state index contributed by atoms with van der Waals surface area (Å²) in [7, 11) is 0. The van der Waals surface area contributed by atoms with Crippen molar-refractivity contribution in [3.63, 3.8) is 0 Å². The fourth-order valence-corrected chi connectivity index (χ4v) is 2.13. The van der Waals surface area contributed by atoms with Gasteiger partial charge in [-0.15, -0.1) is 0 Å². The molecule has 0 bridgehead atoms. The minimum Gasteiger partial charge on any atom is -0.289 e. The number of nitrogens with zero attached hydrogens (tertiary/aromatic N) is 2. The van der Waals surface area contributed by atoms with E-state index in [-0.39, 0.29) is 5.78 Å². The number of aromatic nitrogens is 2. The summed E-state index contributed by atoms with van der Waals surface area (Å²) < 4.78 is 0. The van der Waals surface area contributed by atoms with Crippen molar-refractivity contribution in [1.29, 1.82) is 0 Å². The summed E-state index contributed by atoms with van der Waals surface area (Å²) in [6.45, 7) is 0. The van der Waals surface area contributed by atoms with Gasteiger partial charge in [-0.05, 0) is 12.1 Å². The van der Waals surface area contributed by atoms with Gasteiger partial charge in [-0.2, -0.15) is 0 Å². The van der Waals surface area contributed by atoms with Gasteiger partial charge in [0.2, 0.25) is 0 Å². The fourth-order valence-electron chi connectivity index (χ4n) is 1.81. The molecule has 78 valence electrons. The molecule has 2 heterocycles. The first-order chi connectivity index (χ1) is 7.66. The number of hydrogen-bond acceptors (Lipinski definition) is 3. The number of carbonyl (C=O) groups excluding carboxylic acids is 1. The van der Waals surface area contributed by atoms with Crippen LogP contribution >= 0.6 is 23.2 Å². The number of fused-ring (bicyclic) bond motifs is 3. The second kappa shape index (κ2) is 3.27. The largest absolute Gasteiger partial charge is 0.289 e. The first kappa shape index (κ1) is 9.75. The molecule has 0 atom stereocenters. The van der Waals surface area contributed by atoms with Crippen LogP contribution in [0.25, 0.3) is 11.1 Å². The first-order valence-corrected chi connectivity index (χ1v) is 5.28. The van der Waals surface area contributed by atoms with Crippen LogP contribution in [0.15, 0.2) is 24.5 Å². The molecule has 0 saturated heterocycles. The molecule has 0 aromatic carbocycles. The second-order valence-electron chi connectivity index (χ2n) is 3.43. The highest BCUT2D eigenvalue weighted by Crippen LogP contribution is 2.37. The van der Waals surface area contributed by atoms with Crippen LogP contribution in [-0.2, 0) is 0 Å². The summed E-state index contributed by atoms with van der Waals surface area (Å²) in [5, 5.41) is 0.609. The molecular weight excluding hydrogens is 247 g/mol. The monoisotopic (exact) mass is 250 g/mol. The molecule has 0 fully saturated rings. The van der Waals surface area contributed by atoms with Gasteiger partial charge in [0.05, 0.1) is 0 Å². The molecule has 2 aromatic rings. The number of ketones is 1. The van der Waals surface area contributed by atoms with Gasteiger partial charge in [0.25, 0.3) is 0 Å². The van der Waals surface area contributed by atoms with E-state index >= 15 is 0 Å². The van der Waals surface area contributed by atoms with Gasteiger partial charge in [-0.3, -0.25) is 4.79 Å². The highest BCUT2D eigenvalue weighted by Gasteiger charge is 2.27. The Morgan fingerprint density at radius 1 is 0.812 bits per heavy atom. The third-order valence-corrected chi connectivity index (χ3v) is 2.93. The van der Waals surface area contributed by atoms with Crippen LogP contribution in [0.2, 0.25) is 10.3 Å². The molecular formula is C11H4Cl2N2O. The van der Waals surface area contributed by atoms with E-state index in [4.69, 9.17) is 23.2 Å². The van der Waals surface area contributed by atoms with Gasteiger partial charge < -0.3 is 0 Å². The van der Waals surface area contributed by atoms with E-state index in [1.165, 1.54) is 0 Å². The zero-order valence-corrected chi connectivity index (χ0v) is 9.38. The Balaban J connectivity index is 2.34. The molecule has 0 spiro atoms. The van der Waals surface area contributed by atoms with E-state index in [0.29, 0.717) is 21.4 Å². The summed E-state index contributed by atoms with van der Waals surface area (Å²) in [4.78, 5) is 19.9. The number of rotatable bonds is 0. The maximum Gasteiger partial charge on any atom is 0.194 e. The molecule has 0 radical (unpaired) electrons. The normalized spacial score (nSPS) is 12.5. The van der Waals surface area contributed by atoms with E-state index < -0.39 is 0 Å². The topological polar surface area (TPSA) is 42.9 Å². The van der Waals surface area contributed by atoms with Crippen molar-refractivity contribution in [2.75, 3.05) is 0 Å². The predicted molar refractivity (Wildman–Crippen MR) is 60.9 cm³/mol. The maximum absolute atomic E-state index is 12.0. The van der Waals surface area contributed by atoms with Crippen LogP contribution in [0.1, 0.15) is 15.9 Å². The predicted octanol–water partition coefficient (Wildman–Crippen LogP) is 2.99. The molecule has 16 heavy (non-hydrogen) atoms. The van der Waals surface area contributed by atoms with E-state index in [9.17, 15) is 4.79 Å². The van der Waals surface area contributed by atoms with Crippen molar-refractivity contribution < 1.29 is 4.79 Å². The number of halogens is 2. The van der Waals surface area contributed by atoms with Gasteiger partial charge >= 0.3 is 0 Å². The number of pyridine rings is 2. The molecule has 0 amide bonds. The third kappa shape index (κ3) is 1.25. The van der Waals surface area contributed by atoms with Crippen LogP contribution in [0.4, 0.5) is 0 Å². The molecule has 5 heteroatoms. The number of hydrogen-bond donors (Lipinski definition) is 0. The summed E-state index contributed by atoms with van der Waals surface area (Å²) in [6.07, 6.45) is 3.16.